The van der Waals surface area contributed by atoms with Crippen molar-refractivity contribution in [2.24, 2.45) is 0 Å². The number of ether oxygens (including phenoxy) is 1. The van der Waals surface area contributed by atoms with Crippen LogP contribution in [-0.4, -0.2) is 17.0 Å². The summed E-state index contributed by atoms with van der Waals surface area (Å²) < 4.78 is 4.93. The Morgan fingerprint density at radius 1 is 1.08 bits per heavy atom. The maximum Gasteiger partial charge on any atom is 0.310 e. The first-order valence-electron chi connectivity index (χ1n) is 7.94. The molecule has 2 N–H and O–H groups in total. The monoisotopic (exact) mass is 341 g/mol. The summed E-state index contributed by atoms with van der Waals surface area (Å²) in [6.45, 7) is 4.71. The summed E-state index contributed by atoms with van der Waals surface area (Å²) in [6, 6.07) is 17.2. The van der Waals surface area contributed by atoms with Crippen LogP contribution in [0.15, 0.2) is 60.8 Å². The lowest BCUT2D eigenvalue weighted by molar-refractivity contribution is -0.384. The predicted molar refractivity (Wildman–Crippen MR) is 101 cm³/mol. The summed E-state index contributed by atoms with van der Waals surface area (Å²) in [6.07, 6.45) is 1.18. The average Bonchev–Trinajstić information content (AvgIpc) is 2.65. The summed E-state index contributed by atoms with van der Waals surface area (Å²) >= 11 is 0. The second-order valence-corrected chi connectivity index (χ2v) is 4.75. The van der Waals surface area contributed by atoms with E-state index in [1.54, 1.807) is 31.4 Å². The quantitative estimate of drug-likeness (QED) is 0.556. The molecule has 2 aromatic carbocycles. The fraction of sp³-hybridized carbons (Fsp3) is 0.211. The van der Waals surface area contributed by atoms with Gasteiger partial charge in [0.05, 0.1) is 17.0 Å². The zero-order valence-corrected chi connectivity index (χ0v) is 14.7. The van der Waals surface area contributed by atoms with Gasteiger partial charge in [0.1, 0.15) is 11.9 Å². The minimum atomic E-state index is -0.533. The zero-order chi connectivity index (χ0) is 18.7. The van der Waals surface area contributed by atoms with E-state index < -0.39 is 4.92 Å². The highest BCUT2D eigenvalue weighted by molar-refractivity contribution is 5.94. The molecule has 6 nitrogen and oxygen atoms in total. The molecule has 1 heterocycles. The SMILES string of the molecule is CC.COCc1ccccc1.Nc1c([N+](=O)[O-])cnc2ccccc12. The van der Waals surface area contributed by atoms with E-state index in [0.29, 0.717) is 17.5 Å². The lowest BCUT2D eigenvalue weighted by atomic mass is 10.2. The Balaban J connectivity index is 0.000000246. The third kappa shape index (κ3) is 5.86. The van der Waals surface area contributed by atoms with Gasteiger partial charge in [-0.2, -0.15) is 0 Å². The number of rotatable bonds is 3. The van der Waals surface area contributed by atoms with Gasteiger partial charge in [0.15, 0.2) is 0 Å². The van der Waals surface area contributed by atoms with Crippen molar-refractivity contribution in [3.8, 4) is 0 Å². The molecule has 6 heteroatoms. The molecule has 0 radical (unpaired) electrons. The Morgan fingerprint density at radius 3 is 2.28 bits per heavy atom. The topological polar surface area (TPSA) is 91.3 Å². The zero-order valence-electron chi connectivity index (χ0n) is 14.7. The van der Waals surface area contributed by atoms with E-state index in [0.717, 1.165) is 0 Å². The molecule has 0 bridgehead atoms. The lowest BCUT2D eigenvalue weighted by Crippen LogP contribution is -1.97. The molecule has 0 saturated carbocycles. The number of nitrogen functional groups attached to an aromatic ring is 1. The molecule has 0 saturated heterocycles. The van der Waals surface area contributed by atoms with E-state index in [9.17, 15) is 10.1 Å². The highest BCUT2D eigenvalue weighted by Gasteiger charge is 2.14. The molecule has 0 amide bonds. The smallest absolute Gasteiger partial charge is 0.310 e. The largest absolute Gasteiger partial charge is 0.393 e. The number of benzene rings is 2. The van der Waals surface area contributed by atoms with E-state index in [1.165, 1.54) is 11.8 Å². The summed E-state index contributed by atoms with van der Waals surface area (Å²) in [4.78, 5) is 14.0. The van der Waals surface area contributed by atoms with Crippen molar-refractivity contribution < 1.29 is 9.66 Å². The molecule has 3 aromatic rings. The van der Waals surface area contributed by atoms with Crippen LogP contribution in [0.1, 0.15) is 19.4 Å². The molecule has 0 aliphatic rings. The van der Waals surface area contributed by atoms with Gasteiger partial charge in [-0.3, -0.25) is 10.1 Å². The van der Waals surface area contributed by atoms with Crippen molar-refractivity contribution in [1.82, 2.24) is 4.98 Å². The molecule has 3 rings (SSSR count). The molecule has 0 spiro atoms. The Bertz CT molecular complexity index is 792. The highest BCUT2D eigenvalue weighted by Crippen LogP contribution is 2.27. The fourth-order valence-corrected chi connectivity index (χ4v) is 2.04. The summed E-state index contributed by atoms with van der Waals surface area (Å²) in [5.74, 6) is 0. The molecule has 0 atom stereocenters. The summed E-state index contributed by atoms with van der Waals surface area (Å²) in [5, 5.41) is 11.2. The first-order chi connectivity index (χ1) is 12.1. The minimum Gasteiger partial charge on any atom is -0.393 e. The number of nitrogens with zero attached hydrogens (tertiary/aromatic N) is 2. The lowest BCUT2D eigenvalue weighted by Gasteiger charge is -2.00. The van der Waals surface area contributed by atoms with Crippen molar-refractivity contribution in [3.05, 3.63) is 76.5 Å². The Labute approximate surface area is 147 Å². The molecular formula is C19H23N3O3. The highest BCUT2D eigenvalue weighted by atomic mass is 16.6. The maximum absolute atomic E-state index is 10.6. The second-order valence-electron chi connectivity index (χ2n) is 4.75. The van der Waals surface area contributed by atoms with Crippen LogP contribution in [0.5, 0.6) is 0 Å². The Hall–Kier alpha value is -2.99. The van der Waals surface area contributed by atoms with Crippen LogP contribution in [0.2, 0.25) is 0 Å². The van der Waals surface area contributed by atoms with Crippen LogP contribution < -0.4 is 5.73 Å². The molecule has 0 aliphatic carbocycles. The van der Waals surface area contributed by atoms with Crippen LogP contribution in [0.4, 0.5) is 11.4 Å². The van der Waals surface area contributed by atoms with E-state index in [2.05, 4.69) is 4.98 Å². The molecule has 1 aromatic heterocycles. The van der Waals surface area contributed by atoms with Gasteiger partial charge in [-0.25, -0.2) is 4.98 Å². The van der Waals surface area contributed by atoms with Crippen molar-refractivity contribution in [2.45, 2.75) is 20.5 Å². The van der Waals surface area contributed by atoms with Crippen molar-refractivity contribution >= 4 is 22.3 Å². The van der Waals surface area contributed by atoms with Crippen molar-refractivity contribution in [3.63, 3.8) is 0 Å². The number of hydrogen-bond donors (Lipinski definition) is 1. The first kappa shape index (κ1) is 20.1. The molecule has 0 unspecified atom stereocenters. The maximum atomic E-state index is 10.6. The molecule has 0 fully saturated rings. The van der Waals surface area contributed by atoms with E-state index in [4.69, 9.17) is 10.5 Å². The minimum absolute atomic E-state index is 0.149. The van der Waals surface area contributed by atoms with Crippen LogP contribution >= 0.6 is 0 Å². The van der Waals surface area contributed by atoms with Gasteiger partial charge in [0, 0.05) is 12.5 Å². The number of fused-ring (bicyclic) bond motifs is 1. The number of nitro groups is 1. The second kappa shape index (κ2) is 10.7. The van der Waals surface area contributed by atoms with Crippen LogP contribution in [0, 0.1) is 10.1 Å². The number of hydrogen-bond acceptors (Lipinski definition) is 5. The van der Waals surface area contributed by atoms with Gasteiger partial charge in [0.2, 0.25) is 0 Å². The third-order valence-corrected chi connectivity index (χ3v) is 3.15. The Kier molecular flexibility index (Phi) is 8.60. The Morgan fingerprint density at radius 2 is 1.68 bits per heavy atom. The average molecular weight is 341 g/mol. The number of methoxy groups -OCH3 is 1. The number of para-hydroxylation sites is 1. The van der Waals surface area contributed by atoms with Gasteiger partial charge in [-0.15, -0.1) is 0 Å². The van der Waals surface area contributed by atoms with Gasteiger partial charge in [0.25, 0.3) is 0 Å². The van der Waals surface area contributed by atoms with E-state index in [-0.39, 0.29) is 11.4 Å². The number of aromatic nitrogens is 1. The number of nitrogens with two attached hydrogens (primary N) is 1. The molecule has 132 valence electrons. The van der Waals surface area contributed by atoms with E-state index in [1.807, 2.05) is 44.2 Å². The van der Waals surface area contributed by atoms with Gasteiger partial charge in [-0.05, 0) is 11.6 Å². The normalized spacial score (nSPS) is 9.40. The van der Waals surface area contributed by atoms with Gasteiger partial charge in [-0.1, -0.05) is 62.4 Å². The predicted octanol–water partition coefficient (Wildman–Crippen LogP) is 4.58. The van der Waals surface area contributed by atoms with Gasteiger partial charge >= 0.3 is 5.69 Å². The summed E-state index contributed by atoms with van der Waals surface area (Å²) in [7, 11) is 1.70. The van der Waals surface area contributed by atoms with Crippen molar-refractivity contribution in [1.29, 1.82) is 0 Å². The molecular weight excluding hydrogens is 318 g/mol. The van der Waals surface area contributed by atoms with Crippen LogP contribution in [0.25, 0.3) is 10.9 Å². The van der Waals surface area contributed by atoms with Crippen LogP contribution in [0.3, 0.4) is 0 Å². The van der Waals surface area contributed by atoms with Gasteiger partial charge < -0.3 is 10.5 Å². The fourth-order valence-electron chi connectivity index (χ4n) is 2.04. The number of pyridine rings is 1. The third-order valence-electron chi connectivity index (χ3n) is 3.15. The summed E-state index contributed by atoms with van der Waals surface area (Å²) in [5.41, 5.74) is 7.54. The molecule has 25 heavy (non-hydrogen) atoms. The standard InChI is InChI=1S/C9H7N3O2.C8H10O.C2H6/c10-9-6-3-1-2-4-7(6)11-5-8(9)12(13)14;1-9-7-8-5-3-2-4-6-8;1-2/h1-5H,(H2,10,11);2-6H,7H2,1H3;1-2H3. The first-order valence-corrected chi connectivity index (χ1v) is 7.94. The van der Waals surface area contributed by atoms with E-state index >= 15 is 0 Å². The van der Waals surface area contributed by atoms with Crippen LogP contribution in [-0.2, 0) is 11.3 Å². The molecule has 0 aliphatic heterocycles. The number of anilines is 1. The van der Waals surface area contributed by atoms with Crippen molar-refractivity contribution in [2.75, 3.05) is 12.8 Å².